The lowest BCUT2D eigenvalue weighted by Crippen LogP contribution is -2.61. The maximum atomic E-state index is 12.4. The number of fused-ring (bicyclic) bond motifs is 1. The van der Waals surface area contributed by atoms with Crippen LogP contribution in [0.4, 0.5) is 4.79 Å². The van der Waals surface area contributed by atoms with Gasteiger partial charge in [0.2, 0.25) is 0 Å². The van der Waals surface area contributed by atoms with E-state index in [-0.39, 0.29) is 6.54 Å². The predicted octanol–water partition coefficient (Wildman–Crippen LogP) is 0.537. The minimum atomic E-state index is -0.790. The summed E-state index contributed by atoms with van der Waals surface area (Å²) in [5.74, 6) is -0.508. The summed E-state index contributed by atoms with van der Waals surface area (Å²) in [4.78, 5) is 43.0. The number of aliphatic imine (C=N–C) groups is 1. The highest BCUT2D eigenvalue weighted by Gasteiger charge is 2.50. The maximum Gasteiger partial charge on any atom is 0.333 e. The number of imide groups is 1. The number of hydrazone groups is 1. The number of hydrogen-bond donors (Lipinski definition) is 1. The summed E-state index contributed by atoms with van der Waals surface area (Å²) in [7, 11) is 2.95. The third-order valence-electron chi connectivity index (χ3n) is 4.37. The number of benzene rings is 1. The van der Waals surface area contributed by atoms with E-state index in [1.165, 1.54) is 22.9 Å². The first-order chi connectivity index (χ1) is 13.4. The van der Waals surface area contributed by atoms with E-state index < -0.39 is 23.9 Å². The molecule has 0 spiro atoms. The van der Waals surface area contributed by atoms with Gasteiger partial charge in [0.1, 0.15) is 0 Å². The van der Waals surface area contributed by atoms with Gasteiger partial charge in [-0.2, -0.15) is 5.10 Å². The Kier molecular flexibility index (Phi) is 5.44. The summed E-state index contributed by atoms with van der Waals surface area (Å²) in [6.45, 7) is 1.76. The highest BCUT2D eigenvalue weighted by Crippen LogP contribution is 2.16. The first-order valence-electron chi connectivity index (χ1n) is 8.66. The molecule has 9 nitrogen and oxygen atoms in total. The van der Waals surface area contributed by atoms with Gasteiger partial charge in [-0.25, -0.2) is 14.8 Å². The van der Waals surface area contributed by atoms with Crippen LogP contribution in [0.15, 0.2) is 46.0 Å². The highest BCUT2D eigenvalue weighted by molar-refractivity contribution is 6.21. The fourth-order valence-corrected chi connectivity index (χ4v) is 2.93. The second-order valence-electron chi connectivity index (χ2n) is 6.51. The number of amidine groups is 1. The summed E-state index contributed by atoms with van der Waals surface area (Å²) < 4.78 is 1.48. The lowest BCUT2D eigenvalue weighted by molar-refractivity contribution is -0.519. The van der Waals surface area contributed by atoms with E-state index >= 15 is 0 Å². The van der Waals surface area contributed by atoms with Crippen molar-refractivity contribution < 1.29 is 19.0 Å². The summed E-state index contributed by atoms with van der Waals surface area (Å²) in [5, 5.41) is 3.94. The van der Waals surface area contributed by atoms with Gasteiger partial charge < -0.3 is 0 Å². The Morgan fingerprint density at radius 3 is 2.68 bits per heavy atom. The number of nitrogens with zero attached hydrogens (tertiary/aromatic N) is 5. The van der Waals surface area contributed by atoms with E-state index in [2.05, 4.69) is 15.5 Å². The van der Waals surface area contributed by atoms with Crippen LogP contribution in [0.2, 0.25) is 0 Å². The van der Waals surface area contributed by atoms with Crippen LogP contribution in [-0.4, -0.2) is 77.3 Å². The highest BCUT2D eigenvalue weighted by atomic mass is 16.2. The van der Waals surface area contributed by atoms with Gasteiger partial charge in [0.15, 0.2) is 6.54 Å². The average molecular weight is 381 g/mol. The lowest BCUT2D eigenvalue weighted by Gasteiger charge is -2.30. The Labute approximate surface area is 162 Å². The molecule has 1 aromatic rings. The molecule has 2 aliphatic heterocycles. The molecular formula is C19H21N6O3+. The van der Waals surface area contributed by atoms with Gasteiger partial charge >= 0.3 is 6.03 Å². The van der Waals surface area contributed by atoms with E-state index in [0.29, 0.717) is 5.84 Å². The van der Waals surface area contributed by atoms with Crippen molar-refractivity contribution in [2.24, 2.45) is 10.1 Å². The van der Waals surface area contributed by atoms with E-state index in [4.69, 9.17) is 0 Å². The van der Waals surface area contributed by atoms with E-state index in [9.17, 15) is 14.4 Å². The zero-order valence-electron chi connectivity index (χ0n) is 15.9. The zero-order valence-corrected chi connectivity index (χ0v) is 15.9. The third kappa shape index (κ3) is 3.88. The molecule has 2 aliphatic rings. The number of carbonyl (C=O) groups is 3. The van der Waals surface area contributed by atoms with Crippen LogP contribution in [0.3, 0.4) is 0 Å². The van der Waals surface area contributed by atoms with Crippen LogP contribution in [0.5, 0.6) is 0 Å². The molecule has 144 valence electrons. The number of amides is 4. The number of rotatable bonds is 5. The number of carbonyl (C=O) groups excluding carboxylic acids is 3. The molecule has 2 heterocycles. The average Bonchev–Trinajstić information content (AvgIpc) is 3.09. The maximum absolute atomic E-state index is 12.4. The van der Waals surface area contributed by atoms with Crippen molar-refractivity contribution in [2.45, 2.75) is 13.0 Å². The molecule has 1 saturated heterocycles. The molecular weight excluding hydrogens is 360 g/mol. The summed E-state index contributed by atoms with van der Waals surface area (Å²) in [6.07, 6.45) is 4.88. The van der Waals surface area contributed by atoms with Crippen molar-refractivity contribution in [3.63, 3.8) is 0 Å². The molecule has 1 unspecified atom stereocenters. The monoisotopic (exact) mass is 381 g/mol. The van der Waals surface area contributed by atoms with Gasteiger partial charge in [0.05, 0.1) is 6.21 Å². The van der Waals surface area contributed by atoms with E-state index in [0.717, 1.165) is 16.0 Å². The summed E-state index contributed by atoms with van der Waals surface area (Å²) >= 11 is 0. The molecule has 0 aliphatic carbocycles. The second kappa shape index (κ2) is 7.95. The van der Waals surface area contributed by atoms with Crippen molar-refractivity contribution in [3.05, 3.63) is 41.5 Å². The van der Waals surface area contributed by atoms with Crippen LogP contribution in [0.25, 0.3) is 6.08 Å². The van der Waals surface area contributed by atoms with Crippen LogP contribution < -0.4 is 5.43 Å². The zero-order chi connectivity index (χ0) is 20.3. The van der Waals surface area contributed by atoms with Crippen LogP contribution in [-0.2, 0) is 9.59 Å². The largest absolute Gasteiger partial charge is 0.333 e. The Hall–Kier alpha value is -3.62. The topological polar surface area (TPSA) is 97.5 Å². The first kappa shape index (κ1) is 19.2. The summed E-state index contributed by atoms with van der Waals surface area (Å²) in [5.41, 5.74) is 4.34. The van der Waals surface area contributed by atoms with Crippen molar-refractivity contribution in [3.8, 4) is 0 Å². The van der Waals surface area contributed by atoms with Gasteiger partial charge in [-0.15, -0.1) is 0 Å². The number of allylic oxidation sites excluding steroid dienone is 1. The quantitative estimate of drug-likeness (QED) is 0.458. The Morgan fingerprint density at radius 1 is 1.25 bits per heavy atom. The molecule has 1 aromatic carbocycles. The molecule has 0 bridgehead atoms. The predicted molar refractivity (Wildman–Crippen MR) is 105 cm³/mol. The molecule has 0 aromatic heterocycles. The molecule has 1 fully saturated rings. The number of likely N-dealkylation sites (N-methyl/N-ethyl adjacent to an activating group) is 2. The second-order valence-corrected chi connectivity index (χ2v) is 6.51. The first-order valence-corrected chi connectivity index (χ1v) is 8.66. The molecule has 0 radical (unpaired) electrons. The number of nitrogens with one attached hydrogen (secondary N) is 1. The third-order valence-corrected chi connectivity index (χ3v) is 4.37. The van der Waals surface area contributed by atoms with Gasteiger partial charge in [-0.3, -0.25) is 19.4 Å². The molecule has 9 heteroatoms. The molecule has 0 saturated carbocycles. The Balaban J connectivity index is 1.58. The van der Waals surface area contributed by atoms with E-state index in [1.54, 1.807) is 13.3 Å². The van der Waals surface area contributed by atoms with Gasteiger partial charge in [-0.1, -0.05) is 36.4 Å². The molecule has 28 heavy (non-hydrogen) atoms. The summed E-state index contributed by atoms with van der Waals surface area (Å²) in [6, 6.07) is 8.51. The minimum Gasteiger partial charge on any atom is -0.269 e. The smallest absolute Gasteiger partial charge is 0.269 e. The van der Waals surface area contributed by atoms with Crippen molar-refractivity contribution >= 4 is 42.3 Å². The molecule has 3 rings (SSSR count). The van der Waals surface area contributed by atoms with Gasteiger partial charge in [-0.05, 0) is 23.1 Å². The molecule has 1 atom stereocenters. The van der Waals surface area contributed by atoms with Crippen molar-refractivity contribution in [2.75, 3.05) is 20.6 Å². The Bertz CT molecular complexity index is 932. The van der Waals surface area contributed by atoms with E-state index in [1.807, 2.05) is 43.3 Å². The molecule has 4 amide bonds. The fourth-order valence-electron chi connectivity index (χ4n) is 2.93. The normalized spacial score (nSPS) is 19.7. The standard InChI is InChI=1S/C19H20N6O3/c1-13(9-14-7-5-4-6-8-14)10-21-22-15(26)11-25-12-20-17-16(25)18(27)24(3)19(28)23(17)2/h4-10,12,16H,11H2,1-3H3/p+1/b13-9+,21-10+. The molecule has 1 N–H and O–H groups in total. The van der Waals surface area contributed by atoms with Crippen LogP contribution in [0.1, 0.15) is 12.5 Å². The van der Waals surface area contributed by atoms with Crippen molar-refractivity contribution in [1.82, 2.24) is 15.2 Å². The fraction of sp³-hybridized carbons (Fsp3) is 0.263. The van der Waals surface area contributed by atoms with Crippen LogP contribution in [0, 0.1) is 0 Å². The van der Waals surface area contributed by atoms with Gasteiger partial charge in [0.25, 0.3) is 30.0 Å². The van der Waals surface area contributed by atoms with Crippen molar-refractivity contribution in [1.29, 1.82) is 0 Å². The minimum absolute atomic E-state index is 0.113. The number of urea groups is 1. The Morgan fingerprint density at radius 2 is 1.96 bits per heavy atom. The SMILES string of the molecule is CC(/C=N/NC(=O)C[N+]1=CN=C2C1C(=O)N(C)C(=O)N2C)=C\c1ccccc1. The number of hydrogen-bond acceptors (Lipinski definition) is 5. The van der Waals surface area contributed by atoms with Crippen LogP contribution >= 0.6 is 0 Å². The lowest BCUT2D eigenvalue weighted by atomic mass is 10.1. The van der Waals surface area contributed by atoms with Gasteiger partial charge in [0, 0.05) is 14.1 Å².